The number of aromatic amines is 1. The van der Waals surface area contributed by atoms with E-state index in [-0.39, 0.29) is 17.8 Å². The molecular weight excluding hydrogens is 493 g/mol. The lowest BCUT2D eigenvalue weighted by molar-refractivity contribution is -0.138. The molecule has 0 spiro atoms. The second kappa shape index (κ2) is 10.5. The minimum absolute atomic E-state index is 0.0987. The number of likely N-dealkylation sites (N-methyl/N-ethyl adjacent to an activating group) is 1. The molecule has 0 bridgehead atoms. The van der Waals surface area contributed by atoms with Gasteiger partial charge in [0.25, 0.3) is 5.91 Å². The predicted octanol–water partition coefficient (Wildman–Crippen LogP) is 5.22. The molecule has 5 rings (SSSR count). The number of amides is 1. The average Bonchev–Trinajstić information content (AvgIpc) is 3.29. The third kappa shape index (κ3) is 5.51. The standard InChI is InChI=1S/C28H29F3N6O/c1-2-36-10-12-37(13-11-36)17-21-6-8-22(16-24(21)28(29,30)31)33-27(38)20-5-3-4-18(14-20)19-7-9-23-25(15-19)34-35-26(23)32/h3-9,14-16H,2,10-13,17H2,1H3,(H,33,38)(H3,32,34,35). The number of nitrogens with one attached hydrogen (secondary N) is 2. The first-order chi connectivity index (χ1) is 18.2. The molecule has 2 heterocycles. The van der Waals surface area contributed by atoms with Crippen molar-refractivity contribution < 1.29 is 18.0 Å². The van der Waals surface area contributed by atoms with E-state index < -0.39 is 17.6 Å². The van der Waals surface area contributed by atoms with Gasteiger partial charge in [-0.25, -0.2) is 0 Å². The number of hydrogen-bond donors (Lipinski definition) is 3. The van der Waals surface area contributed by atoms with Crippen LogP contribution in [0.15, 0.2) is 60.7 Å². The number of benzene rings is 3. The first kappa shape index (κ1) is 25.7. The molecule has 10 heteroatoms. The number of piperazine rings is 1. The highest BCUT2D eigenvalue weighted by molar-refractivity contribution is 6.05. The number of fused-ring (bicyclic) bond motifs is 1. The van der Waals surface area contributed by atoms with Crippen LogP contribution in [-0.2, 0) is 12.7 Å². The molecule has 1 aliphatic heterocycles. The Hall–Kier alpha value is -3.89. The minimum Gasteiger partial charge on any atom is -0.382 e. The fourth-order valence-electron chi connectivity index (χ4n) is 4.82. The first-order valence-corrected chi connectivity index (χ1v) is 12.5. The number of hydrogen-bond acceptors (Lipinski definition) is 5. The van der Waals surface area contributed by atoms with Gasteiger partial charge in [0.1, 0.15) is 0 Å². The summed E-state index contributed by atoms with van der Waals surface area (Å²) >= 11 is 0. The van der Waals surface area contributed by atoms with Crippen LogP contribution in [0.4, 0.5) is 24.7 Å². The summed E-state index contributed by atoms with van der Waals surface area (Å²) in [6, 6.07) is 16.5. The van der Waals surface area contributed by atoms with Crippen LogP contribution in [0.2, 0.25) is 0 Å². The van der Waals surface area contributed by atoms with Crippen molar-refractivity contribution >= 4 is 28.3 Å². The molecule has 0 saturated carbocycles. The van der Waals surface area contributed by atoms with Crippen LogP contribution in [0.25, 0.3) is 22.0 Å². The lowest BCUT2D eigenvalue weighted by atomic mass is 10.0. The zero-order valence-corrected chi connectivity index (χ0v) is 21.0. The number of H-pyrrole nitrogens is 1. The van der Waals surface area contributed by atoms with Crippen LogP contribution >= 0.6 is 0 Å². The second-order valence-corrected chi connectivity index (χ2v) is 9.48. The summed E-state index contributed by atoms with van der Waals surface area (Å²) < 4.78 is 41.9. The monoisotopic (exact) mass is 522 g/mol. The Morgan fingerprint density at radius 2 is 1.74 bits per heavy atom. The van der Waals surface area contributed by atoms with Gasteiger partial charge < -0.3 is 16.0 Å². The number of alkyl halides is 3. The number of anilines is 2. The van der Waals surface area contributed by atoms with Gasteiger partial charge in [-0.15, -0.1) is 0 Å². The topological polar surface area (TPSA) is 90.3 Å². The van der Waals surface area contributed by atoms with Gasteiger partial charge in [0.2, 0.25) is 0 Å². The maximum atomic E-state index is 14.0. The van der Waals surface area contributed by atoms with E-state index in [1.54, 1.807) is 18.2 Å². The second-order valence-electron chi connectivity index (χ2n) is 9.48. The Labute approximate surface area is 218 Å². The fraction of sp³-hybridized carbons (Fsp3) is 0.286. The maximum absolute atomic E-state index is 14.0. The average molecular weight is 523 g/mol. The van der Waals surface area contributed by atoms with Gasteiger partial charge in [-0.1, -0.05) is 31.2 Å². The van der Waals surface area contributed by atoms with Crippen LogP contribution in [0.3, 0.4) is 0 Å². The van der Waals surface area contributed by atoms with Gasteiger partial charge >= 0.3 is 6.18 Å². The van der Waals surface area contributed by atoms with Crippen LogP contribution in [-0.4, -0.2) is 58.6 Å². The van der Waals surface area contributed by atoms with Gasteiger partial charge in [-0.05, 0) is 59.6 Å². The molecule has 1 saturated heterocycles. The number of carbonyl (C=O) groups is 1. The summed E-state index contributed by atoms with van der Waals surface area (Å²) in [7, 11) is 0. The van der Waals surface area contributed by atoms with Gasteiger partial charge in [0, 0.05) is 49.4 Å². The van der Waals surface area contributed by atoms with Gasteiger partial charge in [-0.3, -0.25) is 14.8 Å². The van der Waals surface area contributed by atoms with Crippen LogP contribution in [0, 0.1) is 0 Å². The zero-order chi connectivity index (χ0) is 26.9. The largest absolute Gasteiger partial charge is 0.416 e. The molecule has 0 atom stereocenters. The Bertz CT molecular complexity index is 1460. The zero-order valence-electron chi connectivity index (χ0n) is 21.0. The van der Waals surface area contributed by atoms with E-state index in [0.717, 1.165) is 60.8 Å². The van der Waals surface area contributed by atoms with Gasteiger partial charge in [0.15, 0.2) is 5.82 Å². The summed E-state index contributed by atoms with van der Waals surface area (Å²) in [5.41, 5.74) is 8.14. The normalized spacial score (nSPS) is 15.2. The van der Waals surface area contributed by atoms with Crippen molar-refractivity contribution in [1.82, 2.24) is 20.0 Å². The molecule has 198 valence electrons. The van der Waals surface area contributed by atoms with Crippen molar-refractivity contribution in [2.45, 2.75) is 19.6 Å². The fourth-order valence-corrected chi connectivity index (χ4v) is 4.82. The number of halogens is 3. The van der Waals surface area contributed by atoms with Crippen molar-refractivity contribution in [2.24, 2.45) is 0 Å². The number of aromatic nitrogens is 2. The highest BCUT2D eigenvalue weighted by atomic mass is 19.4. The number of nitrogens with two attached hydrogens (primary N) is 1. The van der Waals surface area contributed by atoms with E-state index in [1.807, 2.05) is 29.2 Å². The van der Waals surface area contributed by atoms with E-state index >= 15 is 0 Å². The van der Waals surface area contributed by atoms with E-state index in [1.165, 1.54) is 12.1 Å². The molecule has 0 radical (unpaired) electrons. The molecule has 0 unspecified atom stereocenters. The third-order valence-corrected chi connectivity index (χ3v) is 7.03. The molecule has 4 aromatic rings. The van der Waals surface area contributed by atoms with E-state index in [0.29, 0.717) is 11.4 Å². The molecular formula is C28H29F3N6O. The molecule has 0 aliphatic carbocycles. The summed E-state index contributed by atoms with van der Waals surface area (Å²) in [6.07, 6.45) is -4.53. The Kier molecular flexibility index (Phi) is 7.09. The summed E-state index contributed by atoms with van der Waals surface area (Å²) in [5.74, 6) is -0.0849. The SMILES string of the molecule is CCN1CCN(Cc2ccc(NC(=O)c3cccc(-c4ccc5c(N)n[nH]c5c4)c3)cc2C(F)(F)F)CC1. The van der Waals surface area contributed by atoms with Crippen LogP contribution in [0.5, 0.6) is 0 Å². The van der Waals surface area contributed by atoms with E-state index in [4.69, 9.17) is 5.73 Å². The highest BCUT2D eigenvalue weighted by Crippen LogP contribution is 2.35. The molecule has 1 amide bonds. The molecule has 1 fully saturated rings. The van der Waals surface area contributed by atoms with E-state index in [2.05, 4.69) is 27.3 Å². The van der Waals surface area contributed by atoms with E-state index in [9.17, 15) is 18.0 Å². The Morgan fingerprint density at radius 3 is 2.47 bits per heavy atom. The number of carbonyl (C=O) groups excluding carboxylic acids is 1. The van der Waals surface area contributed by atoms with Crippen molar-refractivity contribution in [3.63, 3.8) is 0 Å². The minimum atomic E-state index is -4.53. The van der Waals surface area contributed by atoms with Crippen molar-refractivity contribution in [3.8, 4) is 11.1 Å². The lowest BCUT2D eigenvalue weighted by Gasteiger charge is -2.34. The van der Waals surface area contributed by atoms with Gasteiger partial charge in [-0.2, -0.15) is 18.3 Å². The maximum Gasteiger partial charge on any atom is 0.416 e. The molecule has 1 aromatic heterocycles. The van der Waals surface area contributed by atoms with Crippen molar-refractivity contribution in [2.75, 3.05) is 43.8 Å². The lowest BCUT2D eigenvalue weighted by Crippen LogP contribution is -2.45. The quantitative estimate of drug-likeness (QED) is 0.323. The number of rotatable bonds is 6. The number of nitrogen functional groups attached to an aromatic ring is 1. The van der Waals surface area contributed by atoms with Crippen molar-refractivity contribution in [3.05, 3.63) is 77.4 Å². The predicted molar refractivity (Wildman–Crippen MR) is 143 cm³/mol. The van der Waals surface area contributed by atoms with Crippen molar-refractivity contribution in [1.29, 1.82) is 0 Å². The Morgan fingerprint density at radius 1 is 1.00 bits per heavy atom. The molecule has 7 nitrogen and oxygen atoms in total. The summed E-state index contributed by atoms with van der Waals surface area (Å²) in [5, 5.41) is 10.3. The Balaban J connectivity index is 1.34. The molecule has 3 aromatic carbocycles. The molecule has 38 heavy (non-hydrogen) atoms. The molecule has 1 aliphatic rings. The molecule has 4 N–H and O–H groups in total. The summed E-state index contributed by atoms with van der Waals surface area (Å²) in [6.45, 7) is 6.37. The first-order valence-electron chi connectivity index (χ1n) is 12.5. The summed E-state index contributed by atoms with van der Waals surface area (Å²) in [4.78, 5) is 17.3. The van der Waals surface area contributed by atoms with Crippen LogP contribution in [0.1, 0.15) is 28.4 Å². The van der Waals surface area contributed by atoms with Crippen LogP contribution < -0.4 is 11.1 Å². The smallest absolute Gasteiger partial charge is 0.382 e. The van der Waals surface area contributed by atoms with Gasteiger partial charge in [0.05, 0.1) is 11.1 Å². The third-order valence-electron chi connectivity index (χ3n) is 7.03. The number of nitrogens with zero attached hydrogens (tertiary/aromatic N) is 3. The highest BCUT2D eigenvalue weighted by Gasteiger charge is 2.34.